The standard InChI is InChI=1S/C11H15F7O/c1-6(10(13,14)15)8(12)7(2)19-5-9(3,4)11(16,17)18/h7-8H,1,5H2,2-4H3. The van der Waals surface area contributed by atoms with Gasteiger partial charge in [0, 0.05) is 0 Å². The highest BCUT2D eigenvalue weighted by atomic mass is 19.4. The van der Waals surface area contributed by atoms with Crippen LogP contribution in [0, 0.1) is 5.41 Å². The summed E-state index contributed by atoms with van der Waals surface area (Å²) in [7, 11) is 0. The van der Waals surface area contributed by atoms with Crippen LogP contribution < -0.4 is 0 Å². The molecule has 0 rings (SSSR count). The SMILES string of the molecule is C=C(C(F)C(C)OCC(C)(C)C(F)(F)F)C(F)(F)F. The molecular weight excluding hydrogens is 281 g/mol. The highest BCUT2D eigenvalue weighted by molar-refractivity contribution is 5.11. The number of hydrogen-bond donors (Lipinski definition) is 0. The molecule has 0 amide bonds. The summed E-state index contributed by atoms with van der Waals surface area (Å²) in [5.41, 5.74) is -3.95. The highest BCUT2D eigenvalue weighted by Gasteiger charge is 2.48. The van der Waals surface area contributed by atoms with E-state index in [-0.39, 0.29) is 0 Å². The smallest absolute Gasteiger partial charge is 0.374 e. The van der Waals surface area contributed by atoms with Gasteiger partial charge in [-0.3, -0.25) is 0 Å². The molecule has 2 atom stereocenters. The van der Waals surface area contributed by atoms with E-state index in [0.717, 1.165) is 20.8 Å². The third-order valence-electron chi connectivity index (χ3n) is 2.58. The van der Waals surface area contributed by atoms with E-state index < -0.39 is 42.2 Å². The molecule has 0 spiro atoms. The monoisotopic (exact) mass is 296 g/mol. The zero-order chi connectivity index (χ0) is 15.6. The Morgan fingerprint density at radius 2 is 1.53 bits per heavy atom. The van der Waals surface area contributed by atoms with Crippen molar-refractivity contribution >= 4 is 0 Å². The Balaban J connectivity index is 4.57. The van der Waals surface area contributed by atoms with Crippen molar-refractivity contribution in [2.75, 3.05) is 6.61 Å². The fourth-order valence-electron chi connectivity index (χ4n) is 0.946. The summed E-state index contributed by atoms with van der Waals surface area (Å²) in [5, 5.41) is 0. The van der Waals surface area contributed by atoms with Gasteiger partial charge in [-0.05, 0) is 20.8 Å². The minimum absolute atomic E-state index is 0.811. The molecule has 0 aromatic carbocycles. The lowest BCUT2D eigenvalue weighted by Gasteiger charge is -2.30. The van der Waals surface area contributed by atoms with Crippen molar-refractivity contribution in [1.82, 2.24) is 0 Å². The Morgan fingerprint density at radius 3 is 1.84 bits per heavy atom. The van der Waals surface area contributed by atoms with E-state index in [2.05, 4.69) is 11.3 Å². The van der Waals surface area contributed by atoms with Crippen LogP contribution in [0.1, 0.15) is 20.8 Å². The second-order valence-corrected chi connectivity index (χ2v) is 4.82. The molecule has 8 heteroatoms. The molecule has 2 unspecified atom stereocenters. The molecule has 19 heavy (non-hydrogen) atoms. The summed E-state index contributed by atoms with van der Waals surface area (Å²) < 4.78 is 91.7. The van der Waals surface area contributed by atoms with E-state index >= 15 is 0 Å². The molecule has 0 aliphatic carbocycles. The van der Waals surface area contributed by atoms with Gasteiger partial charge in [0.1, 0.15) is 0 Å². The second kappa shape index (κ2) is 5.68. The van der Waals surface area contributed by atoms with Gasteiger partial charge in [0.25, 0.3) is 0 Å². The summed E-state index contributed by atoms with van der Waals surface area (Å²) in [6.07, 6.45) is -13.8. The number of halogens is 7. The third-order valence-corrected chi connectivity index (χ3v) is 2.58. The number of ether oxygens (including phenoxy) is 1. The Morgan fingerprint density at radius 1 is 1.11 bits per heavy atom. The van der Waals surface area contributed by atoms with Crippen LogP contribution in [-0.4, -0.2) is 31.2 Å². The van der Waals surface area contributed by atoms with E-state index in [0.29, 0.717) is 0 Å². The molecule has 114 valence electrons. The summed E-state index contributed by atoms with van der Waals surface area (Å²) in [6.45, 7) is 4.14. The predicted octanol–water partition coefficient (Wildman–Crippen LogP) is 4.44. The van der Waals surface area contributed by atoms with Gasteiger partial charge in [-0.2, -0.15) is 26.3 Å². The van der Waals surface area contributed by atoms with E-state index in [1.54, 1.807) is 0 Å². The van der Waals surface area contributed by atoms with Gasteiger partial charge >= 0.3 is 12.4 Å². The average Bonchev–Trinajstić information content (AvgIpc) is 2.20. The number of hydrogen-bond acceptors (Lipinski definition) is 1. The quantitative estimate of drug-likeness (QED) is 0.538. The maximum atomic E-state index is 13.3. The molecule has 0 aromatic rings. The fraction of sp³-hybridized carbons (Fsp3) is 0.818. The van der Waals surface area contributed by atoms with E-state index in [9.17, 15) is 30.7 Å². The Bertz CT molecular complexity index is 316. The Kier molecular flexibility index (Phi) is 5.45. The van der Waals surface area contributed by atoms with E-state index in [1.807, 2.05) is 0 Å². The van der Waals surface area contributed by atoms with Crippen LogP contribution >= 0.6 is 0 Å². The van der Waals surface area contributed by atoms with E-state index in [4.69, 9.17) is 0 Å². The number of alkyl halides is 7. The molecule has 0 fully saturated rings. The first-order chi connectivity index (χ1) is 8.20. The lowest BCUT2D eigenvalue weighted by atomic mass is 9.94. The van der Waals surface area contributed by atoms with Crippen LogP contribution in [0.3, 0.4) is 0 Å². The van der Waals surface area contributed by atoms with Crippen molar-refractivity contribution in [2.24, 2.45) is 5.41 Å². The summed E-state index contributed by atoms with van der Waals surface area (Å²) >= 11 is 0. The topological polar surface area (TPSA) is 9.23 Å². The number of rotatable bonds is 5. The average molecular weight is 296 g/mol. The van der Waals surface area contributed by atoms with Crippen molar-refractivity contribution < 1.29 is 35.5 Å². The van der Waals surface area contributed by atoms with Crippen LogP contribution in [0.4, 0.5) is 30.7 Å². The van der Waals surface area contributed by atoms with Crippen LogP contribution in [0.25, 0.3) is 0 Å². The molecule has 0 aromatic heterocycles. The molecule has 0 saturated carbocycles. The molecule has 1 nitrogen and oxygen atoms in total. The van der Waals surface area contributed by atoms with Gasteiger partial charge in [0.2, 0.25) is 0 Å². The highest BCUT2D eigenvalue weighted by Crippen LogP contribution is 2.38. The molecular formula is C11H15F7O. The Hall–Kier alpha value is -0.790. The van der Waals surface area contributed by atoms with Gasteiger partial charge < -0.3 is 4.74 Å². The van der Waals surface area contributed by atoms with Gasteiger partial charge in [0.15, 0.2) is 6.17 Å². The second-order valence-electron chi connectivity index (χ2n) is 4.82. The largest absolute Gasteiger partial charge is 0.415 e. The summed E-state index contributed by atoms with van der Waals surface area (Å²) in [5.74, 6) is 0. The molecule has 0 aliphatic heterocycles. The van der Waals surface area contributed by atoms with Gasteiger partial charge in [-0.25, -0.2) is 4.39 Å². The lowest BCUT2D eigenvalue weighted by molar-refractivity contribution is -0.232. The Labute approximate surface area is 106 Å². The first-order valence-electron chi connectivity index (χ1n) is 5.28. The zero-order valence-corrected chi connectivity index (χ0v) is 10.6. The van der Waals surface area contributed by atoms with Crippen molar-refractivity contribution in [3.8, 4) is 0 Å². The van der Waals surface area contributed by atoms with Crippen molar-refractivity contribution in [3.63, 3.8) is 0 Å². The molecule has 0 saturated heterocycles. The molecule has 0 radical (unpaired) electrons. The zero-order valence-electron chi connectivity index (χ0n) is 10.6. The molecule has 0 N–H and O–H groups in total. The minimum atomic E-state index is -4.95. The fourth-order valence-corrected chi connectivity index (χ4v) is 0.946. The van der Waals surface area contributed by atoms with Crippen molar-refractivity contribution in [1.29, 1.82) is 0 Å². The maximum absolute atomic E-state index is 13.3. The molecule has 0 bridgehead atoms. The van der Waals surface area contributed by atoms with E-state index in [1.165, 1.54) is 0 Å². The molecule has 0 aliphatic rings. The van der Waals surface area contributed by atoms with Crippen LogP contribution in [0.2, 0.25) is 0 Å². The first kappa shape index (κ1) is 18.2. The van der Waals surface area contributed by atoms with Crippen molar-refractivity contribution in [3.05, 3.63) is 12.2 Å². The first-order valence-corrected chi connectivity index (χ1v) is 5.28. The maximum Gasteiger partial charge on any atom is 0.415 e. The predicted molar refractivity (Wildman–Crippen MR) is 55.3 cm³/mol. The summed E-state index contributed by atoms with van der Waals surface area (Å²) in [6, 6.07) is 0. The van der Waals surface area contributed by atoms with Crippen LogP contribution in [0.5, 0.6) is 0 Å². The lowest BCUT2D eigenvalue weighted by Crippen LogP contribution is -2.39. The van der Waals surface area contributed by atoms with Crippen molar-refractivity contribution in [2.45, 2.75) is 45.4 Å². The summed E-state index contributed by atoms with van der Waals surface area (Å²) in [4.78, 5) is 0. The molecule has 0 heterocycles. The van der Waals surface area contributed by atoms with Crippen LogP contribution in [0.15, 0.2) is 12.2 Å². The van der Waals surface area contributed by atoms with Gasteiger partial charge in [-0.1, -0.05) is 6.58 Å². The van der Waals surface area contributed by atoms with Gasteiger partial charge in [0.05, 0.1) is 23.7 Å². The van der Waals surface area contributed by atoms with Crippen LogP contribution in [-0.2, 0) is 4.74 Å². The minimum Gasteiger partial charge on any atom is -0.374 e. The van der Waals surface area contributed by atoms with Gasteiger partial charge in [-0.15, -0.1) is 0 Å². The third kappa shape index (κ3) is 5.00. The normalized spacial score (nSPS) is 17.2.